The second kappa shape index (κ2) is 9.09. The molecule has 0 bridgehead atoms. The molecule has 6 nitrogen and oxygen atoms in total. The van der Waals surface area contributed by atoms with Gasteiger partial charge in [-0.25, -0.2) is 4.98 Å². The van der Waals surface area contributed by atoms with Crippen LogP contribution >= 0.6 is 34.5 Å². The Morgan fingerprint density at radius 1 is 1.10 bits per heavy atom. The summed E-state index contributed by atoms with van der Waals surface area (Å²) in [6.45, 7) is 0.278. The number of amides is 1. The van der Waals surface area contributed by atoms with Crippen LogP contribution in [0.2, 0.25) is 10.0 Å². The molecule has 0 N–H and O–H groups in total. The van der Waals surface area contributed by atoms with E-state index in [4.69, 9.17) is 32.7 Å². The van der Waals surface area contributed by atoms with Crippen LogP contribution in [0.25, 0.3) is 10.2 Å². The third-order valence-corrected chi connectivity index (χ3v) is 6.17. The van der Waals surface area contributed by atoms with Crippen LogP contribution in [0, 0.1) is 0 Å². The number of methoxy groups -OCH3 is 2. The van der Waals surface area contributed by atoms with E-state index in [9.17, 15) is 4.79 Å². The summed E-state index contributed by atoms with van der Waals surface area (Å²) in [7, 11) is 3.14. The van der Waals surface area contributed by atoms with Crippen molar-refractivity contribution >= 4 is 55.8 Å². The molecular formula is C22H17Cl2N3O3S. The molecule has 4 aromatic rings. The fourth-order valence-electron chi connectivity index (χ4n) is 3.07. The summed E-state index contributed by atoms with van der Waals surface area (Å²) >= 11 is 13.7. The number of carbonyl (C=O) groups excluding carboxylic acids is 1. The van der Waals surface area contributed by atoms with Gasteiger partial charge in [0.1, 0.15) is 0 Å². The Labute approximate surface area is 193 Å². The van der Waals surface area contributed by atoms with E-state index in [2.05, 4.69) is 9.97 Å². The molecular weight excluding hydrogens is 457 g/mol. The fraction of sp³-hybridized carbons (Fsp3) is 0.136. The van der Waals surface area contributed by atoms with Crippen molar-refractivity contribution in [2.75, 3.05) is 19.1 Å². The number of halogens is 2. The quantitative estimate of drug-likeness (QED) is 0.350. The largest absolute Gasteiger partial charge is 0.493 e. The Morgan fingerprint density at radius 2 is 1.87 bits per heavy atom. The summed E-state index contributed by atoms with van der Waals surface area (Å²) in [6, 6.07) is 12.2. The number of anilines is 1. The Kier molecular flexibility index (Phi) is 6.27. The van der Waals surface area contributed by atoms with Gasteiger partial charge in [0.15, 0.2) is 16.6 Å². The predicted molar refractivity (Wildman–Crippen MR) is 124 cm³/mol. The first-order chi connectivity index (χ1) is 15.0. The lowest BCUT2D eigenvalue weighted by molar-refractivity contribution is 0.0985. The van der Waals surface area contributed by atoms with E-state index in [1.807, 2.05) is 18.2 Å². The van der Waals surface area contributed by atoms with E-state index < -0.39 is 0 Å². The molecule has 0 atom stereocenters. The molecule has 0 saturated heterocycles. The molecule has 0 unspecified atom stereocenters. The first-order valence-corrected chi connectivity index (χ1v) is 10.8. The number of benzene rings is 2. The maximum Gasteiger partial charge on any atom is 0.261 e. The molecule has 31 heavy (non-hydrogen) atoms. The smallest absolute Gasteiger partial charge is 0.261 e. The number of ether oxygens (including phenoxy) is 2. The Hall–Kier alpha value is -2.87. The van der Waals surface area contributed by atoms with Crippen LogP contribution < -0.4 is 14.4 Å². The van der Waals surface area contributed by atoms with Gasteiger partial charge in [-0.05, 0) is 29.8 Å². The molecule has 0 radical (unpaired) electrons. The lowest BCUT2D eigenvalue weighted by Crippen LogP contribution is -2.30. The number of hydrogen-bond donors (Lipinski definition) is 0. The summed E-state index contributed by atoms with van der Waals surface area (Å²) in [5.74, 6) is 0.873. The molecule has 158 valence electrons. The van der Waals surface area contributed by atoms with Crippen LogP contribution in [0.15, 0.2) is 54.9 Å². The second-order valence-corrected chi connectivity index (χ2v) is 8.40. The molecule has 2 aromatic heterocycles. The lowest BCUT2D eigenvalue weighted by Gasteiger charge is -2.20. The van der Waals surface area contributed by atoms with Crippen LogP contribution in [-0.2, 0) is 6.54 Å². The molecule has 1 amide bonds. The van der Waals surface area contributed by atoms with Crippen LogP contribution in [0.1, 0.15) is 15.9 Å². The Balaban J connectivity index is 1.81. The number of rotatable bonds is 6. The molecule has 2 aromatic carbocycles. The summed E-state index contributed by atoms with van der Waals surface area (Å²) in [5.41, 5.74) is 1.89. The minimum atomic E-state index is -0.288. The minimum absolute atomic E-state index is 0.276. The third kappa shape index (κ3) is 4.44. The predicted octanol–water partition coefficient (Wildman–Crippen LogP) is 5.86. The average Bonchev–Trinajstić information content (AvgIpc) is 3.19. The molecule has 0 fully saturated rings. The van der Waals surface area contributed by atoms with Gasteiger partial charge in [0, 0.05) is 29.5 Å². The first kappa shape index (κ1) is 21.4. The molecule has 9 heteroatoms. The number of pyridine rings is 1. The molecule has 0 spiro atoms. The number of carbonyl (C=O) groups is 1. The summed E-state index contributed by atoms with van der Waals surface area (Å²) in [6.07, 6.45) is 3.39. The normalized spacial score (nSPS) is 10.8. The zero-order valence-corrected chi connectivity index (χ0v) is 19.0. The average molecular weight is 474 g/mol. The molecule has 2 heterocycles. The minimum Gasteiger partial charge on any atom is -0.493 e. The van der Waals surface area contributed by atoms with Crippen molar-refractivity contribution < 1.29 is 14.3 Å². The van der Waals surface area contributed by atoms with Gasteiger partial charge >= 0.3 is 0 Å². The number of fused-ring (bicyclic) bond motifs is 1. The van der Waals surface area contributed by atoms with E-state index in [1.165, 1.54) is 11.3 Å². The Bertz CT molecular complexity index is 1210. The summed E-state index contributed by atoms with van der Waals surface area (Å²) in [4.78, 5) is 23.9. The number of thiazole rings is 1. The van der Waals surface area contributed by atoms with Gasteiger partial charge in [0.2, 0.25) is 0 Å². The van der Waals surface area contributed by atoms with E-state index >= 15 is 0 Å². The van der Waals surface area contributed by atoms with Gasteiger partial charge in [0.25, 0.3) is 5.91 Å². The van der Waals surface area contributed by atoms with Gasteiger partial charge in [0.05, 0.1) is 41.6 Å². The number of aromatic nitrogens is 2. The van der Waals surface area contributed by atoms with Crippen LogP contribution in [-0.4, -0.2) is 30.1 Å². The summed E-state index contributed by atoms with van der Waals surface area (Å²) < 4.78 is 11.6. The highest BCUT2D eigenvalue weighted by molar-refractivity contribution is 7.22. The zero-order valence-electron chi connectivity index (χ0n) is 16.6. The summed E-state index contributed by atoms with van der Waals surface area (Å²) in [5, 5.41) is 1.25. The molecule has 0 aliphatic carbocycles. The standard InChI is InChI=1S/C22H17Cl2N3O3S/c1-29-18-9-17-20(10-19(18)30-2)31-22(26-17)27(12-13-4-3-7-25-11-13)21(28)15-6-5-14(23)8-16(15)24/h3-11H,12H2,1-2H3. The van der Waals surface area contributed by atoms with Crippen molar-refractivity contribution in [3.05, 3.63) is 76.0 Å². The first-order valence-electron chi connectivity index (χ1n) is 9.18. The zero-order chi connectivity index (χ0) is 22.0. The molecule has 0 saturated carbocycles. The van der Waals surface area contributed by atoms with Crippen molar-refractivity contribution in [3.63, 3.8) is 0 Å². The van der Waals surface area contributed by atoms with Gasteiger partial charge < -0.3 is 9.47 Å². The van der Waals surface area contributed by atoms with Gasteiger partial charge in [-0.3, -0.25) is 14.7 Å². The maximum atomic E-state index is 13.5. The van der Waals surface area contributed by atoms with E-state index in [0.29, 0.717) is 32.7 Å². The van der Waals surface area contributed by atoms with Crippen molar-refractivity contribution in [2.45, 2.75) is 6.54 Å². The van der Waals surface area contributed by atoms with Crippen LogP contribution in [0.4, 0.5) is 5.13 Å². The maximum absolute atomic E-state index is 13.5. The van der Waals surface area contributed by atoms with Gasteiger partial charge in [-0.2, -0.15) is 0 Å². The van der Waals surface area contributed by atoms with Crippen LogP contribution in [0.5, 0.6) is 11.5 Å². The monoisotopic (exact) mass is 473 g/mol. The van der Waals surface area contributed by atoms with Crippen LogP contribution in [0.3, 0.4) is 0 Å². The molecule has 0 aliphatic rings. The Morgan fingerprint density at radius 3 is 2.55 bits per heavy atom. The highest BCUT2D eigenvalue weighted by Crippen LogP contribution is 2.38. The van der Waals surface area contributed by atoms with Crippen molar-refractivity contribution in [1.82, 2.24) is 9.97 Å². The van der Waals surface area contributed by atoms with Gasteiger partial charge in [-0.1, -0.05) is 40.6 Å². The molecule has 0 aliphatic heterocycles. The van der Waals surface area contributed by atoms with E-state index in [1.54, 1.807) is 55.8 Å². The fourth-order valence-corrected chi connectivity index (χ4v) is 4.53. The van der Waals surface area contributed by atoms with Gasteiger partial charge in [-0.15, -0.1) is 0 Å². The number of nitrogens with zero attached hydrogens (tertiary/aromatic N) is 3. The highest BCUT2D eigenvalue weighted by Gasteiger charge is 2.24. The number of hydrogen-bond acceptors (Lipinski definition) is 6. The van der Waals surface area contributed by atoms with Crippen molar-refractivity contribution in [2.24, 2.45) is 0 Å². The SMILES string of the molecule is COc1cc2nc(N(Cc3cccnc3)C(=O)c3ccc(Cl)cc3Cl)sc2cc1OC. The van der Waals surface area contributed by atoms with Crippen molar-refractivity contribution in [3.8, 4) is 11.5 Å². The van der Waals surface area contributed by atoms with E-state index in [0.717, 1.165) is 10.3 Å². The third-order valence-electron chi connectivity index (χ3n) is 4.58. The lowest BCUT2D eigenvalue weighted by atomic mass is 10.2. The molecule has 4 rings (SSSR count). The highest BCUT2D eigenvalue weighted by atomic mass is 35.5. The van der Waals surface area contributed by atoms with Crippen molar-refractivity contribution in [1.29, 1.82) is 0 Å². The topological polar surface area (TPSA) is 64.5 Å². The second-order valence-electron chi connectivity index (χ2n) is 6.55. The van der Waals surface area contributed by atoms with E-state index in [-0.39, 0.29) is 17.5 Å².